The van der Waals surface area contributed by atoms with Gasteiger partial charge in [0.25, 0.3) is 5.91 Å². The molecule has 144 valence electrons. The van der Waals surface area contributed by atoms with Crippen molar-refractivity contribution >= 4 is 32.6 Å². The Kier molecular flexibility index (Phi) is 5.86. The van der Waals surface area contributed by atoms with Crippen LogP contribution < -0.4 is 4.90 Å². The van der Waals surface area contributed by atoms with E-state index in [0.717, 1.165) is 29.1 Å². The normalized spacial score (nSPS) is 11.5. The van der Waals surface area contributed by atoms with Crippen LogP contribution in [0.5, 0.6) is 0 Å². The maximum Gasteiger partial charge on any atom is 0.250 e. The van der Waals surface area contributed by atoms with Crippen LogP contribution in [-0.2, 0) is 11.3 Å². The molecule has 0 spiro atoms. The predicted octanol–water partition coefficient (Wildman–Crippen LogP) is 3.23. The number of aromatic nitrogens is 3. The lowest BCUT2D eigenvalue weighted by Crippen LogP contribution is -2.36. The standard InChI is InChI=1S/C19H24FN5OS/c1-13-11-14(2)25(22-13)12-17(26)24(10-6-9-23(3)4)19-21-18-15(20)7-5-8-16(18)27-19/h5,7-8,11H,6,9-10,12H2,1-4H3. The number of carbonyl (C=O) groups is 1. The molecule has 0 N–H and O–H groups in total. The van der Waals surface area contributed by atoms with E-state index in [1.807, 2.05) is 40.1 Å². The van der Waals surface area contributed by atoms with Gasteiger partial charge in [0.05, 0.1) is 10.4 Å². The summed E-state index contributed by atoms with van der Waals surface area (Å²) in [6, 6.07) is 6.81. The number of amides is 1. The van der Waals surface area contributed by atoms with Gasteiger partial charge < -0.3 is 4.90 Å². The highest BCUT2D eigenvalue weighted by Crippen LogP contribution is 2.30. The number of nitrogens with zero attached hydrogens (tertiary/aromatic N) is 5. The highest BCUT2D eigenvalue weighted by molar-refractivity contribution is 7.22. The molecule has 6 nitrogen and oxygen atoms in total. The maximum atomic E-state index is 14.0. The van der Waals surface area contributed by atoms with Crippen molar-refractivity contribution in [1.82, 2.24) is 19.7 Å². The van der Waals surface area contributed by atoms with Crippen molar-refractivity contribution in [3.05, 3.63) is 41.5 Å². The van der Waals surface area contributed by atoms with Crippen molar-refractivity contribution < 1.29 is 9.18 Å². The number of hydrogen-bond donors (Lipinski definition) is 0. The van der Waals surface area contributed by atoms with Crippen molar-refractivity contribution in [2.45, 2.75) is 26.8 Å². The highest BCUT2D eigenvalue weighted by Gasteiger charge is 2.21. The lowest BCUT2D eigenvalue weighted by atomic mass is 10.3. The van der Waals surface area contributed by atoms with Gasteiger partial charge in [0.15, 0.2) is 5.13 Å². The third-order valence-electron chi connectivity index (χ3n) is 4.27. The van der Waals surface area contributed by atoms with Crippen LogP contribution in [0.4, 0.5) is 9.52 Å². The lowest BCUT2D eigenvalue weighted by molar-refractivity contribution is -0.119. The smallest absolute Gasteiger partial charge is 0.250 e. The van der Waals surface area contributed by atoms with Crippen LogP contribution in [0.15, 0.2) is 24.3 Å². The molecule has 0 saturated carbocycles. The summed E-state index contributed by atoms with van der Waals surface area (Å²) in [5, 5.41) is 4.90. The molecule has 1 aromatic carbocycles. The number of hydrogen-bond acceptors (Lipinski definition) is 5. The molecule has 3 aromatic rings. The molecule has 1 amide bonds. The van der Waals surface area contributed by atoms with E-state index in [1.54, 1.807) is 15.6 Å². The van der Waals surface area contributed by atoms with Gasteiger partial charge in [0, 0.05) is 12.2 Å². The van der Waals surface area contributed by atoms with Gasteiger partial charge in [-0.2, -0.15) is 5.10 Å². The van der Waals surface area contributed by atoms with Crippen LogP contribution in [0.1, 0.15) is 17.8 Å². The molecule has 27 heavy (non-hydrogen) atoms. The first kappa shape index (κ1) is 19.4. The SMILES string of the molecule is Cc1cc(C)n(CC(=O)N(CCCN(C)C)c2nc3c(F)cccc3s2)n1. The monoisotopic (exact) mass is 389 g/mol. The molecule has 3 rings (SSSR count). The van der Waals surface area contributed by atoms with Gasteiger partial charge in [-0.05, 0) is 59.1 Å². The van der Waals surface area contributed by atoms with Gasteiger partial charge in [-0.1, -0.05) is 17.4 Å². The first-order valence-electron chi connectivity index (χ1n) is 8.86. The van der Waals surface area contributed by atoms with E-state index < -0.39 is 0 Å². The van der Waals surface area contributed by atoms with Crippen LogP contribution >= 0.6 is 11.3 Å². The zero-order chi connectivity index (χ0) is 19.6. The van der Waals surface area contributed by atoms with Crippen molar-refractivity contribution in [1.29, 1.82) is 0 Å². The van der Waals surface area contributed by atoms with Crippen LogP contribution in [0, 0.1) is 19.7 Å². The van der Waals surface area contributed by atoms with Gasteiger partial charge in [0.1, 0.15) is 17.9 Å². The van der Waals surface area contributed by atoms with E-state index in [4.69, 9.17) is 0 Å². The Morgan fingerprint density at radius 1 is 1.26 bits per heavy atom. The molecular weight excluding hydrogens is 365 g/mol. The zero-order valence-corrected chi connectivity index (χ0v) is 16.9. The van der Waals surface area contributed by atoms with E-state index >= 15 is 0 Å². The number of para-hydroxylation sites is 1. The van der Waals surface area contributed by atoms with Gasteiger partial charge in [-0.25, -0.2) is 9.37 Å². The van der Waals surface area contributed by atoms with Crippen LogP contribution in [0.2, 0.25) is 0 Å². The van der Waals surface area contributed by atoms with E-state index in [2.05, 4.69) is 15.0 Å². The van der Waals surface area contributed by atoms with Crippen LogP contribution in [-0.4, -0.2) is 52.8 Å². The third-order valence-corrected chi connectivity index (χ3v) is 5.31. The second kappa shape index (κ2) is 8.14. The minimum absolute atomic E-state index is 0.0978. The summed E-state index contributed by atoms with van der Waals surface area (Å²) in [4.78, 5) is 21.2. The Balaban J connectivity index is 1.88. The average molecular weight is 390 g/mol. The Morgan fingerprint density at radius 2 is 2.04 bits per heavy atom. The molecule has 8 heteroatoms. The molecule has 0 aliphatic heterocycles. The lowest BCUT2D eigenvalue weighted by Gasteiger charge is -2.21. The van der Waals surface area contributed by atoms with E-state index in [9.17, 15) is 9.18 Å². The number of halogens is 1. The molecular formula is C19H24FN5OS. The van der Waals surface area contributed by atoms with Gasteiger partial charge >= 0.3 is 0 Å². The largest absolute Gasteiger partial charge is 0.309 e. The maximum absolute atomic E-state index is 14.0. The number of rotatable bonds is 7. The first-order valence-corrected chi connectivity index (χ1v) is 9.68. The van der Waals surface area contributed by atoms with E-state index in [1.165, 1.54) is 17.4 Å². The Hall–Kier alpha value is -2.32. The Labute approximate surface area is 162 Å². The van der Waals surface area contributed by atoms with Crippen molar-refractivity contribution in [3.8, 4) is 0 Å². The highest BCUT2D eigenvalue weighted by atomic mass is 32.1. The summed E-state index contributed by atoms with van der Waals surface area (Å²) in [7, 11) is 3.99. The van der Waals surface area contributed by atoms with Gasteiger partial charge in [-0.15, -0.1) is 0 Å². The minimum Gasteiger partial charge on any atom is -0.309 e. The van der Waals surface area contributed by atoms with Gasteiger partial charge in [-0.3, -0.25) is 14.4 Å². The Morgan fingerprint density at radius 3 is 2.67 bits per heavy atom. The number of fused-ring (bicyclic) bond motifs is 1. The van der Waals surface area contributed by atoms with E-state index in [-0.39, 0.29) is 18.3 Å². The fourth-order valence-electron chi connectivity index (χ4n) is 2.94. The van der Waals surface area contributed by atoms with Crippen molar-refractivity contribution in [3.63, 3.8) is 0 Å². The number of carbonyl (C=O) groups excluding carboxylic acids is 1. The van der Waals surface area contributed by atoms with Gasteiger partial charge in [0.2, 0.25) is 0 Å². The molecule has 0 atom stereocenters. The first-order chi connectivity index (χ1) is 12.8. The van der Waals surface area contributed by atoms with Crippen molar-refractivity contribution in [2.24, 2.45) is 0 Å². The summed E-state index contributed by atoms with van der Waals surface area (Å²) in [6.45, 7) is 5.34. The molecule has 0 bridgehead atoms. The van der Waals surface area contributed by atoms with Crippen LogP contribution in [0.25, 0.3) is 10.2 Å². The summed E-state index contributed by atoms with van der Waals surface area (Å²) in [5.41, 5.74) is 2.12. The topological polar surface area (TPSA) is 54.3 Å². The van der Waals surface area contributed by atoms with Crippen molar-refractivity contribution in [2.75, 3.05) is 32.1 Å². The molecule has 0 aliphatic rings. The summed E-state index contributed by atoms with van der Waals surface area (Å²) in [6.07, 6.45) is 0.800. The fraction of sp³-hybridized carbons (Fsp3) is 0.421. The average Bonchev–Trinajstić information content (AvgIpc) is 3.15. The molecule has 2 heterocycles. The molecule has 0 unspecified atom stereocenters. The minimum atomic E-state index is -0.366. The summed E-state index contributed by atoms with van der Waals surface area (Å²) < 4.78 is 16.5. The molecule has 0 aliphatic carbocycles. The molecule has 0 radical (unpaired) electrons. The summed E-state index contributed by atoms with van der Waals surface area (Å²) >= 11 is 1.34. The van der Waals surface area contributed by atoms with Crippen LogP contribution in [0.3, 0.4) is 0 Å². The second-order valence-electron chi connectivity index (χ2n) is 6.87. The number of aryl methyl sites for hydroxylation is 2. The fourth-order valence-corrected chi connectivity index (χ4v) is 3.96. The predicted molar refractivity (Wildman–Crippen MR) is 107 cm³/mol. The molecule has 0 fully saturated rings. The third kappa shape index (κ3) is 4.51. The summed E-state index contributed by atoms with van der Waals surface area (Å²) in [5.74, 6) is -0.464. The van der Waals surface area contributed by atoms with E-state index in [0.29, 0.717) is 17.2 Å². The number of anilines is 1. The number of thiazole rings is 1. The zero-order valence-electron chi connectivity index (χ0n) is 16.1. The Bertz CT molecular complexity index is 949. The molecule has 2 aromatic heterocycles. The number of benzene rings is 1. The second-order valence-corrected chi connectivity index (χ2v) is 7.88. The quantitative estimate of drug-likeness (QED) is 0.623. The molecule has 0 saturated heterocycles.